The molecule has 5 rings (SSSR count). The van der Waals surface area contributed by atoms with Gasteiger partial charge in [0.25, 0.3) is 5.91 Å². The number of carbonyl (C=O) groups is 1. The van der Waals surface area contributed by atoms with E-state index in [1.165, 1.54) is 4.68 Å². The number of rotatable bonds is 2. The van der Waals surface area contributed by atoms with Crippen molar-refractivity contribution >= 4 is 16.9 Å². The molecule has 6 nitrogen and oxygen atoms in total. The molecule has 0 spiro atoms. The summed E-state index contributed by atoms with van der Waals surface area (Å²) in [6.45, 7) is 2.52. The van der Waals surface area contributed by atoms with Crippen LogP contribution in [0, 0.1) is 24.4 Å². The van der Waals surface area contributed by atoms with Gasteiger partial charge in [-0.25, -0.2) is 13.2 Å². The zero-order valence-corrected chi connectivity index (χ0v) is 17.4. The molecule has 0 saturated carbocycles. The average Bonchev–Trinajstić information content (AvgIpc) is 3.11. The quantitative estimate of drug-likeness (QED) is 0.446. The standard InChI is InChI=1S/C23H18F3N5O/c1-12-7-18-19(28-5-4-27-18)10-15(12)23(32)31-6-3-14-20(11-31)29-30(2)22(14)13-8-16(24)21(26)17(25)9-13/h4-5,7-10H,3,6,11H2,1-2H3. The lowest BCUT2D eigenvalue weighted by Crippen LogP contribution is -2.36. The maximum Gasteiger partial charge on any atom is 0.254 e. The number of nitrogens with zero attached hydrogens (tertiary/aromatic N) is 5. The molecule has 1 aliphatic rings. The number of aromatic nitrogens is 4. The molecule has 0 saturated heterocycles. The molecule has 0 atom stereocenters. The van der Waals surface area contributed by atoms with Crippen molar-refractivity contribution in [2.45, 2.75) is 19.9 Å². The van der Waals surface area contributed by atoms with E-state index < -0.39 is 17.5 Å². The molecule has 0 aliphatic carbocycles. The van der Waals surface area contributed by atoms with Crippen molar-refractivity contribution in [1.82, 2.24) is 24.6 Å². The van der Waals surface area contributed by atoms with E-state index in [1.807, 2.05) is 13.0 Å². The highest BCUT2D eigenvalue weighted by Gasteiger charge is 2.29. The van der Waals surface area contributed by atoms with E-state index in [-0.39, 0.29) is 18.0 Å². The highest BCUT2D eigenvalue weighted by Crippen LogP contribution is 2.32. The highest BCUT2D eigenvalue weighted by molar-refractivity contribution is 5.99. The van der Waals surface area contributed by atoms with Gasteiger partial charge in [0.1, 0.15) is 0 Å². The molecule has 1 amide bonds. The third-order valence-electron chi connectivity index (χ3n) is 5.79. The van der Waals surface area contributed by atoms with Crippen molar-refractivity contribution in [3.05, 3.63) is 76.5 Å². The molecule has 2 aromatic carbocycles. The number of hydrogen-bond acceptors (Lipinski definition) is 4. The predicted octanol–water partition coefficient (Wildman–Crippen LogP) is 3.95. The Hall–Kier alpha value is -3.75. The predicted molar refractivity (Wildman–Crippen MR) is 111 cm³/mol. The lowest BCUT2D eigenvalue weighted by molar-refractivity contribution is 0.0732. The molecule has 0 unspecified atom stereocenters. The summed E-state index contributed by atoms with van der Waals surface area (Å²) in [5.41, 5.74) is 4.86. The van der Waals surface area contributed by atoms with Crippen LogP contribution in [-0.2, 0) is 20.0 Å². The van der Waals surface area contributed by atoms with Crippen LogP contribution in [0.3, 0.4) is 0 Å². The van der Waals surface area contributed by atoms with E-state index in [4.69, 9.17) is 0 Å². The van der Waals surface area contributed by atoms with Crippen LogP contribution >= 0.6 is 0 Å². The summed E-state index contributed by atoms with van der Waals surface area (Å²) >= 11 is 0. The van der Waals surface area contributed by atoms with E-state index in [2.05, 4.69) is 15.1 Å². The normalized spacial score (nSPS) is 13.5. The lowest BCUT2D eigenvalue weighted by Gasteiger charge is -2.27. The van der Waals surface area contributed by atoms with Gasteiger partial charge in [-0.2, -0.15) is 5.10 Å². The summed E-state index contributed by atoms with van der Waals surface area (Å²) < 4.78 is 42.5. The van der Waals surface area contributed by atoms with Crippen LogP contribution in [-0.4, -0.2) is 37.1 Å². The third kappa shape index (κ3) is 3.21. The van der Waals surface area contributed by atoms with E-state index in [1.54, 1.807) is 30.4 Å². The van der Waals surface area contributed by atoms with E-state index >= 15 is 0 Å². The lowest BCUT2D eigenvalue weighted by atomic mass is 9.98. The van der Waals surface area contributed by atoms with Gasteiger partial charge < -0.3 is 4.90 Å². The average molecular weight is 437 g/mol. The topological polar surface area (TPSA) is 63.9 Å². The third-order valence-corrected chi connectivity index (χ3v) is 5.79. The van der Waals surface area contributed by atoms with Gasteiger partial charge in [0, 0.05) is 42.7 Å². The van der Waals surface area contributed by atoms with Gasteiger partial charge in [-0.1, -0.05) is 0 Å². The SMILES string of the molecule is Cc1cc2nccnc2cc1C(=O)N1CCc2c(nn(C)c2-c2cc(F)c(F)c(F)c2)C1. The molecule has 1 aliphatic heterocycles. The molecule has 3 heterocycles. The Bertz CT molecular complexity index is 1380. The maximum absolute atomic E-state index is 13.8. The summed E-state index contributed by atoms with van der Waals surface area (Å²) in [7, 11) is 1.66. The first kappa shape index (κ1) is 20.2. The first-order valence-electron chi connectivity index (χ1n) is 10.0. The number of halogens is 3. The second-order valence-electron chi connectivity index (χ2n) is 7.84. The van der Waals surface area contributed by atoms with Crippen LogP contribution in [0.15, 0.2) is 36.7 Å². The van der Waals surface area contributed by atoms with Gasteiger partial charge in [0.15, 0.2) is 17.5 Å². The minimum Gasteiger partial charge on any atom is -0.332 e. The molecular formula is C23H18F3N5O. The molecule has 162 valence electrons. The van der Waals surface area contributed by atoms with Crippen LogP contribution < -0.4 is 0 Å². The molecule has 2 aromatic heterocycles. The second kappa shape index (κ2) is 7.44. The second-order valence-corrected chi connectivity index (χ2v) is 7.84. The van der Waals surface area contributed by atoms with Crippen LogP contribution in [0.25, 0.3) is 22.3 Å². The van der Waals surface area contributed by atoms with Crippen molar-refractivity contribution in [2.24, 2.45) is 7.05 Å². The van der Waals surface area contributed by atoms with E-state index in [0.29, 0.717) is 35.4 Å². The van der Waals surface area contributed by atoms with Crippen LogP contribution in [0.4, 0.5) is 13.2 Å². The number of benzene rings is 2. The van der Waals surface area contributed by atoms with Crippen molar-refractivity contribution in [2.75, 3.05) is 6.54 Å². The Morgan fingerprint density at radius 1 is 1.00 bits per heavy atom. The number of hydrogen-bond donors (Lipinski definition) is 0. The fourth-order valence-electron chi connectivity index (χ4n) is 4.26. The molecule has 9 heteroatoms. The summed E-state index contributed by atoms with van der Waals surface area (Å²) in [6.07, 6.45) is 3.64. The van der Waals surface area contributed by atoms with Gasteiger partial charge in [-0.15, -0.1) is 0 Å². The summed E-state index contributed by atoms with van der Waals surface area (Å²) in [5.74, 6) is -4.15. The summed E-state index contributed by atoms with van der Waals surface area (Å²) in [6, 6.07) is 5.50. The van der Waals surface area contributed by atoms with Crippen molar-refractivity contribution in [1.29, 1.82) is 0 Å². The Labute approximate surface area is 181 Å². The highest BCUT2D eigenvalue weighted by atomic mass is 19.2. The molecule has 0 N–H and O–H groups in total. The summed E-state index contributed by atoms with van der Waals surface area (Å²) in [4.78, 5) is 23.5. The van der Waals surface area contributed by atoms with Gasteiger partial charge in [0.2, 0.25) is 0 Å². The van der Waals surface area contributed by atoms with Gasteiger partial charge in [-0.05, 0) is 43.2 Å². The molecular weight excluding hydrogens is 419 g/mol. The summed E-state index contributed by atoms with van der Waals surface area (Å²) in [5, 5.41) is 4.47. The fourth-order valence-corrected chi connectivity index (χ4v) is 4.26. The number of aryl methyl sites for hydroxylation is 2. The molecule has 0 fully saturated rings. The van der Waals surface area contributed by atoms with Crippen LogP contribution in [0.2, 0.25) is 0 Å². The minimum absolute atomic E-state index is 0.147. The molecule has 0 radical (unpaired) electrons. The Balaban J connectivity index is 1.48. The zero-order chi connectivity index (χ0) is 22.6. The van der Waals surface area contributed by atoms with Crippen molar-refractivity contribution in [3.8, 4) is 11.3 Å². The number of amides is 1. The molecule has 4 aromatic rings. The number of carbonyl (C=O) groups excluding carboxylic acids is 1. The van der Waals surface area contributed by atoms with Crippen molar-refractivity contribution in [3.63, 3.8) is 0 Å². The Kier molecular flexibility index (Phi) is 4.69. The van der Waals surface area contributed by atoms with Gasteiger partial charge >= 0.3 is 0 Å². The minimum atomic E-state index is -1.50. The number of fused-ring (bicyclic) bond motifs is 2. The zero-order valence-electron chi connectivity index (χ0n) is 17.4. The van der Waals surface area contributed by atoms with Gasteiger partial charge in [-0.3, -0.25) is 19.4 Å². The van der Waals surface area contributed by atoms with E-state index in [9.17, 15) is 18.0 Å². The monoisotopic (exact) mass is 437 g/mol. The smallest absolute Gasteiger partial charge is 0.254 e. The molecule has 32 heavy (non-hydrogen) atoms. The van der Waals surface area contributed by atoms with Crippen LogP contribution in [0.1, 0.15) is 27.2 Å². The first-order valence-corrected chi connectivity index (χ1v) is 10.0. The maximum atomic E-state index is 13.8. The molecule has 0 bridgehead atoms. The fraction of sp³-hybridized carbons (Fsp3) is 0.217. The Morgan fingerprint density at radius 2 is 1.66 bits per heavy atom. The van der Waals surface area contributed by atoms with Crippen molar-refractivity contribution < 1.29 is 18.0 Å². The van der Waals surface area contributed by atoms with Gasteiger partial charge in [0.05, 0.1) is 29.0 Å². The first-order chi connectivity index (χ1) is 15.3. The van der Waals surface area contributed by atoms with E-state index in [0.717, 1.165) is 28.8 Å². The largest absolute Gasteiger partial charge is 0.332 e. The van der Waals surface area contributed by atoms with Crippen LogP contribution in [0.5, 0.6) is 0 Å². The Morgan fingerprint density at radius 3 is 2.34 bits per heavy atom.